The zero-order chi connectivity index (χ0) is 15.2. The second-order valence-electron chi connectivity index (χ2n) is 4.44. The van der Waals surface area contributed by atoms with E-state index in [0.717, 1.165) is 0 Å². The molecule has 0 aliphatic carbocycles. The van der Waals surface area contributed by atoms with Crippen molar-refractivity contribution >= 4 is 23.2 Å². The lowest BCUT2D eigenvalue weighted by Crippen LogP contribution is -2.32. The van der Waals surface area contributed by atoms with E-state index in [4.69, 9.17) is 16.3 Å². The molecule has 1 N–H and O–H groups in total. The van der Waals surface area contributed by atoms with Crippen molar-refractivity contribution in [2.45, 2.75) is 19.4 Å². The average Bonchev–Trinajstić information content (AvgIpc) is 2.48. The highest BCUT2D eigenvalue weighted by molar-refractivity contribution is 6.30. The Bertz CT molecular complexity index is 616. The van der Waals surface area contributed by atoms with Gasteiger partial charge in [-0.2, -0.15) is 0 Å². The summed E-state index contributed by atoms with van der Waals surface area (Å²) in [6.45, 7) is 1.80. The number of rotatable bonds is 5. The summed E-state index contributed by atoms with van der Waals surface area (Å²) < 4.78 is 19.0. The van der Waals surface area contributed by atoms with E-state index in [9.17, 15) is 9.18 Å². The lowest BCUT2D eigenvalue weighted by Gasteiger charge is -2.17. The van der Waals surface area contributed by atoms with Crippen molar-refractivity contribution in [2.75, 3.05) is 5.32 Å². The van der Waals surface area contributed by atoms with E-state index in [2.05, 4.69) is 5.32 Å². The van der Waals surface area contributed by atoms with Crippen LogP contribution in [0.15, 0.2) is 48.5 Å². The van der Waals surface area contributed by atoms with Crippen LogP contribution >= 0.6 is 11.6 Å². The number of nitrogens with one attached hydrogen (secondary N) is 1. The summed E-state index contributed by atoms with van der Waals surface area (Å²) in [7, 11) is 0. The SMILES string of the molecule is CC[C@@H](Oc1ccccc1F)C(=O)Nc1ccc(Cl)cc1. The molecule has 5 heteroatoms. The second kappa shape index (κ2) is 7.09. The average molecular weight is 308 g/mol. The maximum atomic E-state index is 13.5. The van der Waals surface area contributed by atoms with Crippen molar-refractivity contribution in [3.8, 4) is 5.75 Å². The minimum atomic E-state index is -0.766. The highest BCUT2D eigenvalue weighted by atomic mass is 35.5. The maximum absolute atomic E-state index is 13.5. The summed E-state index contributed by atoms with van der Waals surface area (Å²) in [5.41, 5.74) is 0.611. The van der Waals surface area contributed by atoms with Crippen LogP contribution in [-0.2, 0) is 4.79 Å². The molecule has 0 aliphatic rings. The number of hydrogen-bond donors (Lipinski definition) is 1. The van der Waals surface area contributed by atoms with E-state index in [1.165, 1.54) is 12.1 Å². The van der Waals surface area contributed by atoms with Gasteiger partial charge in [-0.3, -0.25) is 4.79 Å². The molecule has 0 bridgehead atoms. The Balaban J connectivity index is 2.05. The molecule has 1 atom stereocenters. The summed E-state index contributed by atoms with van der Waals surface area (Å²) in [6, 6.07) is 12.7. The van der Waals surface area contributed by atoms with Crippen molar-refractivity contribution < 1.29 is 13.9 Å². The van der Waals surface area contributed by atoms with Crippen molar-refractivity contribution in [3.63, 3.8) is 0 Å². The highest BCUT2D eigenvalue weighted by Gasteiger charge is 2.19. The summed E-state index contributed by atoms with van der Waals surface area (Å²) in [6.07, 6.45) is -0.342. The van der Waals surface area contributed by atoms with Gasteiger partial charge in [-0.1, -0.05) is 30.7 Å². The first-order valence-electron chi connectivity index (χ1n) is 6.57. The van der Waals surface area contributed by atoms with E-state index < -0.39 is 11.9 Å². The van der Waals surface area contributed by atoms with Gasteiger partial charge in [0.05, 0.1) is 0 Å². The zero-order valence-electron chi connectivity index (χ0n) is 11.5. The van der Waals surface area contributed by atoms with E-state index in [1.54, 1.807) is 43.3 Å². The number of amides is 1. The number of carbonyl (C=O) groups is 1. The first kappa shape index (κ1) is 15.3. The Morgan fingerprint density at radius 1 is 1.24 bits per heavy atom. The minimum absolute atomic E-state index is 0.0654. The van der Waals surface area contributed by atoms with E-state index in [-0.39, 0.29) is 11.7 Å². The molecule has 0 aliphatic heterocycles. The smallest absolute Gasteiger partial charge is 0.265 e. The first-order chi connectivity index (χ1) is 10.1. The summed E-state index contributed by atoms with van der Waals surface area (Å²) in [5, 5.41) is 3.30. The van der Waals surface area contributed by atoms with E-state index >= 15 is 0 Å². The third-order valence-electron chi connectivity index (χ3n) is 2.88. The van der Waals surface area contributed by atoms with Gasteiger partial charge in [0.1, 0.15) is 0 Å². The van der Waals surface area contributed by atoms with Crippen LogP contribution in [-0.4, -0.2) is 12.0 Å². The Morgan fingerprint density at radius 2 is 1.90 bits per heavy atom. The van der Waals surface area contributed by atoms with Crippen LogP contribution < -0.4 is 10.1 Å². The Hall–Kier alpha value is -2.07. The number of halogens is 2. The van der Waals surface area contributed by atoms with Gasteiger partial charge >= 0.3 is 0 Å². The topological polar surface area (TPSA) is 38.3 Å². The number of ether oxygens (including phenoxy) is 1. The van der Waals surface area contributed by atoms with Crippen LogP contribution in [0.1, 0.15) is 13.3 Å². The third-order valence-corrected chi connectivity index (χ3v) is 3.13. The van der Waals surface area contributed by atoms with E-state index in [1.807, 2.05) is 0 Å². The van der Waals surface area contributed by atoms with Gasteiger partial charge in [-0.15, -0.1) is 0 Å². The number of anilines is 1. The molecule has 0 fully saturated rings. The fourth-order valence-electron chi connectivity index (χ4n) is 1.77. The molecule has 110 valence electrons. The summed E-state index contributed by atoms with van der Waals surface area (Å²) in [4.78, 5) is 12.2. The molecule has 0 saturated heterocycles. The Labute approximate surface area is 127 Å². The monoisotopic (exact) mass is 307 g/mol. The second-order valence-corrected chi connectivity index (χ2v) is 4.88. The molecule has 2 rings (SSSR count). The van der Waals surface area contributed by atoms with Gasteiger partial charge in [0, 0.05) is 10.7 Å². The fourth-order valence-corrected chi connectivity index (χ4v) is 1.90. The number of benzene rings is 2. The van der Waals surface area contributed by atoms with Gasteiger partial charge in [0.25, 0.3) is 5.91 Å². The van der Waals surface area contributed by atoms with Gasteiger partial charge in [-0.25, -0.2) is 4.39 Å². The third kappa shape index (κ3) is 4.20. The van der Waals surface area contributed by atoms with Gasteiger partial charge in [0.2, 0.25) is 0 Å². The number of para-hydroxylation sites is 1. The quantitative estimate of drug-likeness (QED) is 0.895. The Morgan fingerprint density at radius 3 is 2.52 bits per heavy atom. The molecule has 3 nitrogen and oxygen atoms in total. The molecule has 1 amide bonds. The van der Waals surface area contributed by atoms with Gasteiger partial charge in [-0.05, 0) is 42.8 Å². The fraction of sp³-hybridized carbons (Fsp3) is 0.188. The van der Waals surface area contributed by atoms with Crippen LogP contribution in [0.2, 0.25) is 5.02 Å². The molecule has 0 spiro atoms. The van der Waals surface area contributed by atoms with E-state index in [0.29, 0.717) is 17.1 Å². The van der Waals surface area contributed by atoms with Crippen molar-refractivity contribution in [1.29, 1.82) is 0 Å². The minimum Gasteiger partial charge on any atom is -0.478 e. The normalized spacial score (nSPS) is 11.8. The number of carbonyl (C=O) groups excluding carboxylic acids is 1. The number of hydrogen-bond acceptors (Lipinski definition) is 2. The zero-order valence-corrected chi connectivity index (χ0v) is 12.2. The molecule has 0 heterocycles. The molecule has 0 radical (unpaired) electrons. The van der Waals surface area contributed by atoms with Crippen LogP contribution in [0.25, 0.3) is 0 Å². The van der Waals surface area contributed by atoms with Crippen LogP contribution in [0.3, 0.4) is 0 Å². The molecule has 0 aromatic heterocycles. The Kier molecular flexibility index (Phi) is 5.17. The highest BCUT2D eigenvalue weighted by Crippen LogP contribution is 2.19. The summed E-state index contributed by atoms with van der Waals surface area (Å²) in [5.74, 6) is -0.756. The maximum Gasteiger partial charge on any atom is 0.265 e. The molecule has 21 heavy (non-hydrogen) atoms. The predicted molar refractivity (Wildman–Crippen MR) is 81.2 cm³/mol. The molecular formula is C16H15ClFNO2. The van der Waals surface area contributed by atoms with Crippen LogP contribution in [0, 0.1) is 5.82 Å². The molecule has 2 aromatic rings. The molecule has 2 aromatic carbocycles. The molecule has 0 unspecified atom stereocenters. The largest absolute Gasteiger partial charge is 0.478 e. The van der Waals surface area contributed by atoms with Crippen LogP contribution in [0.4, 0.5) is 10.1 Å². The van der Waals surface area contributed by atoms with Crippen molar-refractivity contribution in [1.82, 2.24) is 0 Å². The lowest BCUT2D eigenvalue weighted by molar-refractivity contribution is -0.122. The van der Waals surface area contributed by atoms with Gasteiger partial charge in [0.15, 0.2) is 17.7 Å². The van der Waals surface area contributed by atoms with Crippen LogP contribution in [0.5, 0.6) is 5.75 Å². The first-order valence-corrected chi connectivity index (χ1v) is 6.95. The standard InChI is InChI=1S/C16H15ClFNO2/c1-2-14(21-15-6-4-3-5-13(15)18)16(20)19-12-9-7-11(17)8-10-12/h3-10,14H,2H2,1H3,(H,19,20)/t14-/m1/s1. The van der Waals surface area contributed by atoms with Crippen molar-refractivity contribution in [3.05, 3.63) is 59.4 Å². The van der Waals surface area contributed by atoms with Gasteiger partial charge < -0.3 is 10.1 Å². The molecular weight excluding hydrogens is 293 g/mol. The van der Waals surface area contributed by atoms with Crippen molar-refractivity contribution in [2.24, 2.45) is 0 Å². The molecule has 0 saturated carbocycles. The summed E-state index contributed by atoms with van der Waals surface area (Å²) >= 11 is 5.78. The predicted octanol–water partition coefficient (Wildman–Crippen LogP) is 4.28. The lowest BCUT2D eigenvalue weighted by atomic mass is 10.2.